The van der Waals surface area contributed by atoms with Crippen LogP contribution in [0.15, 0.2) is 60.7 Å². The Morgan fingerprint density at radius 1 is 0.652 bits per heavy atom. The maximum atomic E-state index is 6.54. The van der Waals surface area contributed by atoms with Crippen LogP contribution in [0.5, 0.6) is 0 Å². The minimum Gasteiger partial charge on any atom is -0.398 e. The fourth-order valence-corrected chi connectivity index (χ4v) is 3.59. The zero-order chi connectivity index (χ0) is 16.2. The molecule has 0 atom stereocenters. The SMILES string of the molecule is CC(C)(C)c1ccc2c(ccc3ccc4ccccc4c32)c1N. The zero-order valence-corrected chi connectivity index (χ0v) is 13.9. The molecule has 4 aromatic carbocycles. The molecule has 23 heavy (non-hydrogen) atoms. The largest absolute Gasteiger partial charge is 0.398 e. The second-order valence-corrected chi connectivity index (χ2v) is 7.32. The average Bonchev–Trinajstić information content (AvgIpc) is 2.53. The van der Waals surface area contributed by atoms with Gasteiger partial charge in [0.05, 0.1) is 0 Å². The molecule has 4 rings (SSSR count). The van der Waals surface area contributed by atoms with Crippen molar-refractivity contribution in [1.29, 1.82) is 0 Å². The molecule has 114 valence electrons. The number of nitrogens with two attached hydrogens (primary N) is 1. The Balaban J connectivity index is 2.21. The highest BCUT2D eigenvalue weighted by Crippen LogP contribution is 2.38. The quantitative estimate of drug-likeness (QED) is 0.311. The van der Waals surface area contributed by atoms with E-state index in [-0.39, 0.29) is 5.41 Å². The van der Waals surface area contributed by atoms with Crippen molar-refractivity contribution in [2.75, 3.05) is 5.73 Å². The van der Waals surface area contributed by atoms with Crippen LogP contribution in [0.3, 0.4) is 0 Å². The lowest BCUT2D eigenvalue weighted by molar-refractivity contribution is 0.593. The Morgan fingerprint density at radius 3 is 2.09 bits per heavy atom. The van der Waals surface area contributed by atoms with Crippen molar-refractivity contribution in [3.05, 3.63) is 66.2 Å². The van der Waals surface area contributed by atoms with Gasteiger partial charge in [-0.1, -0.05) is 81.4 Å². The van der Waals surface area contributed by atoms with Gasteiger partial charge < -0.3 is 5.73 Å². The van der Waals surface area contributed by atoms with E-state index in [1.807, 2.05) is 0 Å². The van der Waals surface area contributed by atoms with E-state index in [4.69, 9.17) is 5.73 Å². The van der Waals surface area contributed by atoms with Gasteiger partial charge in [-0.25, -0.2) is 0 Å². The van der Waals surface area contributed by atoms with Crippen molar-refractivity contribution in [2.24, 2.45) is 0 Å². The third-order valence-electron chi connectivity index (χ3n) is 4.76. The first-order chi connectivity index (χ1) is 11.0. The molecule has 0 aliphatic rings. The smallest absolute Gasteiger partial charge is 0.0431 e. The molecule has 0 saturated carbocycles. The Kier molecular flexibility index (Phi) is 2.89. The van der Waals surface area contributed by atoms with Crippen molar-refractivity contribution >= 4 is 38.0 Å². The number of rotatable bonds is 0. The van der Waals surface area contributed by atoms with Crippen molar-refractivity contribution in [1.82, 2.24) is 0 Å². The molecule has 1 nitrogen and oxygen atoms in total. The maximum Gasteiger partial charge on any atom is 0.0431 e. The van der Waals surface area contributed by atoms with E-state index in [0.717, 1.165) is 11.1 Å². The highest BCUT2D eigenvalue weighted by molar-refractivity contribution is 6.21. The molecular formula is C22H21N. The fraction of sp³-hybridized carbons (Fsp3) is 0.182. The van der Waals surface area contributed by atoms with E-state index in [1.165, 1.54) is 32.5 Å². The summed E-state index contributed by atoms with van der Waals surface area (Å²) in [6.45, 7) is 6.63. The maximum absolute atomic E-state index is 6.54. The van der Waals surface area contributed by atoms with Crippen LogP contribution < -0.4 is 5.73 Å². The normalized spacial score (nSPS) is 12.3. The molecule has 4 aromatic rings. The van der Waals surface area contributed by atoms with Gasteiger partial charge in [-0.3, -0.25) is 0 Å². The average molecular weight is 299 g/mol. The van der Waals surface area contributed by atoms with E-state index in [0.29, 0.717) is 0 Å². The Morgan fingerprint density at radius 2 is 1.30 bits per heavy atom. The summed E-state index contributed by atoms with van der Waals surface area (Å²) in [5.41, 5.74) is 8.71. The predicted molar refractivity (Wildman–Crippen MR) is 102 cm³/mol. The van der Waals surface area contributed by atoms with Gasteiger partial charge in [-0.05, 0) is 37.9 Å². The van der Waals surface area contributed by atoms with E-state index in [1.54, 1.807) is 0 Å². The van der Waals surface area contributed by atoms with Gasteiger partial charge in [0.1, 0.15) is 0 Å². The van der Waals surface area contributed by atoms with Crippen LogP contribution in [-0.4, -0.2) is 0 Å². The summed E-state index contributed by atoms with van der Waals surface area (Å²) in [5.74, 6) is 0. The van der Waals surface area contributed by atoms with Crippen LogP contribution in [0, 0.1) is 0 Å². The molecule has 0 amide bonds. The van der Waals surface area contributed by atoms with Gasteiger partial charge in [-0.15, -0.1) is 0 Å². The summed E-state index contributed by atoms with van der Waals surface area (Å²) in [6, 6.07) is 21.7. The number of nitrogen functional groups attached to an aromatic ring is 1. The molecule has 0 bridgehead atoms. The van der Waals surface area contributed by atoms with Gasteiger partial charge in [0.15, 0.2) is 0 Å². The summed E-state index contributed by atoms with van der Waals surface area (Å²) < 4.78 is 0. The van der Waals surface area contributed by atoms with E-state index < -0.39 is 0 Å². The molecule has 2 N–H and O–H groups in total. The minimum absolute atomic E-state index is 0.0476. The first-order valence-electron chi connectivity index (χ1n) is 8.10. The number of benzene rings is 4. The molecule has 0 fully saturated rings. The molecule has 0 saturated heterocycles. The van der Waals surface area contributed by atoms with Crippen molar-refractivity contribution in [2.45, 2.75) is 26.2 Å². The number of anilines is 1. The lowest BCUT2D eigenvalue weighted by Crippen LogP contribution is -2.14. The number of fused-ring (bicyclic) bond motifs is 5. The highest BCUT2D eigenvalue weighted by Gasteiger charge is 2.19. The standard InChI is InChI=1S/C22H21N/c1-22(2,3)19-13-12-17-18(21(19)23)11-10-15-9-8-14-6-4-5-7-16(14)20(15)17/h4-13H,23H2,1-3H3. The van der Waals surface area contributed by atoms with Crippen molar-refractivity contribution < 1.29 is 0 Å². The molecule has 0 radical (unpaired) electrons. The lowest BCUT2D eigenvalue weighted by Gasteiger charge is -2.23. The second-order valence-electron chi connectivity index (χ2n) is 7.32. The zero-order valence-electron chi connectivity index (χ0n) is 13.9. The topological polar surface area (TPSA) is 26.0 Å². The summed E-state index contributed by atoms with van der Waals surface area (Å²) in [4.78, 5) is 0. The highest BCUT2D eigenvalue weighted by atomic mass is 14.6. The van der Waals surface area contributed by atoms with Gasteiger partial charge in [0.25, 0.3) is 0 Å². The van der Waals surface area contributed by atoms with E-state index in [2.05, 4.69) is 81.4 Å². The van der Waals surface area contributed by atoms with E-state index >= 15 is 0 Å². The molecule has 0 aliphatic heterocycles. The van der Waals surface area contributed by atoms with Gasteiger partial charge >= 0.3 is 0 Å². The summed E-state index contributed by atoms with van der Waals surface area (Å²) in [7, 11) is 0. The van der Waals surface area contributed by atoms with Crippen LogP contribution in [0.2, 0.25) is 0 Å². The first-order valence-corrected chi connectivity index (χ1v) is 8.10. The Labute approximate surface area is 136 Å². The first kappa shape index (κ1) is 14.1. The summed E-state index contributed by atoms with van der Waals surface area (Å²) >= 11 is 0. The van der Waals surface area contributed by atoms with E-state index in [9.17, 15) is 0 Å². The lowest BCUT2D eigenvalue weighted by atomic mass is 9.83. The van der Waals surface area contributed by atoms with Crippen LogP contribution >= 0.6 is 0 Å². The van der Waals surface area contributed by atoms with Crippen molar-refractivity contribution in [3.8, 4) is 0 Å². The van der Waals surface area contributed by atoms with Gasteiger partial charge in [0.2, 0.25) is 0 Å². The van der Waals surface area contributed by atoms with Crippen molar-refractivity contribution in [3.63, 3.8) is 0 Å². The number of hydrogen-bond donors (Lipinski definition) is 1. The van der Waals surface area contributed by atoms with Crippen LogP contribution in [0.25, 0.3) is 32.3 Å². The molecule has 0 aliphatic carbocycles. The molecule has 0 aromatic heterocycles. The molecular weight excluding hydrogens is 278 g/mol. The monoisotopic (exact) mass is 299 g/mol. The van der Waals surface area contributed by atoms with Gasteiger partial charge in [0, 0.05) is 11.1 Å². The third-order valence-corrected chi connectivity index (χ3v) is 4.76. The summed E-state index contributed by atoms with van der Waals surface area (Å²) in [6.07, 6.45) is 0. The third kappa shape index (κ3) is 2.08. The Hall–Kier alpha value is -2.54. The minimum atomic E-state index is 0.0476. The van der Waals surface area contributed by atoms with Crippen LogP contribution in [0.4, 0.5) is 5.69 Å². The molecule has 0 spiro atoms. The number of hydrogen-bond acceptors (Lipinski definition) is 1. The second kappa shape index (κ2) is 4.73. The summed E-state index contributed by atoms with van der Waals surface area (Å²) in [5, 5.41) is 7.52. The molecule has 0 heterocycles. The fourth-order valence-electron chi connectivity index (χ4n) is 3.59. The van der Waals surface area contributed by atoms with Gasteiger partial charge in [-0.2, -0.15) is 0 Å². The molecule has 1 heteroatoms. The predicted octanol–water partition coefficient (Wildman–Crippen LogP) is 6.03. The van der Waals surface area contributed by atoms with Crippen LogP contribution in [-0.2, 0) is 5.41 Å². The van der Waals surface area contributed by atoms with Crippen LogP contribution in [0.1, 0.15) is 26.3 Å². The molecule has 0 unspecified atom stereocenters. The Bertz CT molecular complexity index is 1050.